The van der Waals surface area contributed by atoms with Crippen molar-refractivity contribution in [2.24, 2.45) is 4.99 Å². The number of amidine groups is 1. The number of benzene rings is 2. The Kier molecular flexibility index (Phi) is 5.84. The first kappa shape index (κ1) is 20.9. The number of thioether (sulfide) groups is 1. The Morgan fingerprint density at radius 3 is 2.60 bits per heavy atom. The van der Waals surface area contributed by atoms with Gasteiger partial charge in [-0.05, 0) is 36.2 Å². The van der Waals surface area contributed by atoms with Crippen LogP contribution >= 0.6 is 11.8 Å². The topological polar surface area (TPSA) is 78.8 Å². The van der Waals surface area contributed by atoms with Gasteiger partial charge in [0.2, 0.25) is 5.91 Å². The highest BCUT2D eigenvalue weighted by molar-refractivity contribution is 8.15. The fourth-order valence-corrected chi connectivity index (χ4v) is 7.34. The van der Waals surface area contributed by atoms with Gasteiger partial charge in [-0.25, -0.2) is 12.8 Å². The number of amides is 1. The molecule has 158 valence electrons. The molecule has 1 N–H and O–H groups in total. The molecule has 1 saturated heterocycles. The normalized spacial score (nSPS) is 21.7. The molecule has 0 unspecified atom stereocenters. The molecule has 0 radical (unpaired) electrons. The fraction of sp³-hybridized carbons (Fsp3) is 0.333. The number of hydrogen-bond acceptors (Lipinski definition) is 6. The molecule has 0 saturated carbocycles. The van der Waals surface area contributed by atoms with Crippen molar-refractivity contribution in [2.75, 3.05) is 28.3 Å². The minimum Gasteiger partial charge on any atom is -0.325 e. The SMILES string of the molecule is CCc1ccc(NC(=O)CN(C2=N[C@@H]3CS(=O)(=O)C[C@@H]3S2)c2ccccc2F)cc1. The van der Waals surface area contributed by atoms with E-state index in [4.69, 9.17) is 0 Å². The van der Waals surface area contributed by atoms with E-state index < -0.39 is 15.7 Å². The quantitative estimate of drug-likeness (QED) is 0.762. The van der Waals surface area contributed by atoms with Crippen LogP contribution in [-0.4, -0.2) is 48.8 Å². The van der Waals surface area contributed by atoms with Gasteiger partial charge in [-0.15, -0.1) is 0 Å². The Labute approximate surface area is 179 Å². The molecular formula is C21H22FN3O3S2. The predicted octanol–water partition coefficient (Wildman–Crippen LogP) is 3.10. The summed E-state index contributed by atoms with van der Waals surface area (Å²) in [5, 5.41) is 3.12. The van der Waals surface area contributed by atoms with Crippen molar-refractivity contribution in [3.8, 4) is 0 Å². The number of fused-ring (bicyclic) bond motifs is 1. The number of sulfone groups is 1. The summed E-state index contributed by atoms with van der Waals surface area (Å²) in [5.41, 5.74) is 2.07. The van der Waals surface area contributed by atoms with E-state index in [1.54, 1.807) is 18.2 Å². The van der Waals surface area contributed by atoms with E-state index in [2.05, 4.69) is 17.2 Å². The minimum absolute atomic E-state index is 0.00471. The Morgan fingerprint density at radius 1 is 1.20 bits per heavy atom. The highest BCUT2D eigenvalue weighted by Crippen LogP contribution is 2.37. The predicted molar refractivity (Wildman–Crippen MR) is 119 cm³/mol. The van der Waals surface area contributed by atoms with E-state index in [0.717, 1.165) is 6.42 Å². The Hall–Kier alpha value is -2.39. The van der Waals surface area contributed by atoms with Crippen molar-refractivity contribution in [3.05, 3.63) is 59.9 Å². The van der Waals surface area contributed by atoms with Crippen LogP contribution in [0.25, 0.3) is 0 Å². The van der Waals surface area contributed by atoms with Crippen LogP contribution < -0.4 is 10.2 Å². The maximum atomic E-state index is 14.5. The van der Waals surface area contributed by atoms with Crippen LogP contribution in [-0.2, 0) is 21.1 Å². The van der Waals surface area contributed by atoms with E-state index in [0.29, 0.717) is 10.9 Å². The number of carbonyl (C=O) groups is 1. The monoisotopic (exact) mass is 447 g/mol. The molecule has 0 aromatic heterocycles. The lowest BCUT2D eigenvalue weighted by molar-refractivity contribution is -0.114. The third kappa shape index (κ3) is 4.52. The third-order valence-electron chi connectivity index (χ3n) is 5.13. The average Bonchev–Trinajstić information content (AvgIpc) is 3.21. The maximum absolute atomic E-state index is 14.5. The highest BCUT2D eigenvalue weighted by atomic mass is 32.2. The molecule has 1 amide bonds. The van der Waals surface area contributed by atoms with E-state index in [-0.39, 0.29) is 40.9 Å². The van der Waals surface area contributed by atoms with Gasteiger partial charge in [0.25, 0.3) is 0 Å². The van der Waals surface area contributed by atoms with Crippen molar-refractivity contribution >= 4 is 44.0 Å². The summed E-state index contributed by atoms with van der Waals surface area (Å²) in [6.07, 6.45) is 0.907. The van der Waals surface area contributed by atoms with E-state index in [1.165, 1.54) is 28.3 Å². The molecule has 6 nitrogen and oxygen atoms in total. The third-order valence-corrected chi connectivity index (χ3v) is 8.37. The lowest BCUT2D eigenvalue weighted by atomic mass is 10.1. The molecule has 2 aromatic rings. The van der Waals surface area contributed by atoms with Crippen molar-refractivity contribution in [3.63, 3.8) is 0 Å². The zero-order chi connectivity index (χ0) is 21.3. The van der Waals surface area contributed by atoms with E-state index in [1.807, 2.05) is 24.3 Å². The van der Waals surface area contributed by atoms with Crippen molar-refractivity contribution < 1.29 is 17.6 Å². The molecule has 0 bridgehead atoms. The first-order chi connectivity index (χ1) is 14.3. The van der Waals surface area contributed by atoms with Crippen LogP contribution in [0.4, 0.5) is 15.8 Å². The lowest BCUT2D eigenvalue weighted by Crippen LogP contribution is -2.37. The number of carbonyl (C=O) groups excluding carboxylic acids is 1. The first-order valence-corrected chi connectivity index (χ1v) is 12.4. The summed E-state index contributed by atoms with van der Waals surface area (Å²) in [4.78, 5) is 18.8. The van der Waals surface area contributed by atoms with Gasteiger partial charge >= 0.3 is 0 Å². The molecule has 2 aliphatic heterocycles. The Balaban J connectivity index is 1.55. The zero-order valence-corrected chi connectivity index (χ0v) is 18.0. The standard InChI is InChI=1S/C21H22FN3O3S2/c1-2-14-7-9-15(10-8-14)23-20(26)11-25(18-6-4-3-5-16(18)22)21-24-17-12-30(27,28)13-19(17)29-21/h3-10,17,19H,2,11-13H2,1H3,(H,23,26)/t17-,19+/m1/s1. The summed E-state index contributed by atoms with van der Waals surface area (Å²) < 4.78 is 38.2. The molecule has 1 fully saturated rings. The number of para-hydroxylation sites is 1. The Morgan fingerprint density at radius 2 is 1.93 bits per heavy atom. The van der Waals surface area contributed by atoms with Crippen LogP contribution in [0.1, 0.15) is 12.5 Å². The molecule has 2 aromatic carbocycles. The molecule has 2 heterocycles. The van der Waals surface area contributed by atoms with E-state index >= 15 is 0 Å². The van der Waals surface area contributed by atoms with Gasteiger partial charge in [0.15, 0.2) is 15.0 Å². The smallest absolute Gasteiger partial charge is 0.244 e. The summed E-state index contributed by atoms with van der Waals surface area (Å²) >= 11 is 1.30. The number of aliphatic imine (C=N–C) groups is 1. The second-order valence-electron chi connectivity index (χ2n) is 7.35. The number of rotatable bonds is 5. The zero-order valence-electron chi connectivity index (χ0n) is 16.4. The number of nitrogens with one attached hydrogen (secondary N) is 1. The number of halogens is 1. The van der Waals surface area contributed by atoms with Crippen molar-refractivity contribution in [1.29, 1.82) is 0 Å². The molecule has 2 atom stereocenters. The molecule has 4 rings (SSSR count). The largest absolute Gasteiger partial charge is 0.325 e. The second-order valence-corrected chi connectivity index (χ2v) is 10.7. The summed E-state index contributed by atoms with van der Waals surface area (Å²) in [7, 11) is -3.10. The molecule has 0 aliphatic carbocycles. The number of nitrogens with zero attached hydrogens (tertiary/aromatic N) is 2. The number of anilines is 2. The van der Waals surface area contributed by atoms with Gasteiger partial charge in [0, 0.05) is 10.9 Å². The first-order valence-electron chi connectivity index (χ1n) is 9.70. The molecule has 30 heavy (non-hydrogen) atoms. The average molecular weight is 448 g/mol. The van der Waals surface area contributed by atoms with Crippen LogP contribution in [0.15, 0.2) is 53.5 Å². The summed E-state index contributed by atoms with van der Waals surface area (Å²) in [6.45, 7) is 1.93. The van der Waals surface area contributed by atoms with E-state index in [9.17, 15) is 17.6 Å². The summed E-state index contributed by atoms with van der Waals surface area (Å²) in [5.74, 6) is -0.730. The van der Waals surface area contributed by atoms with Crippen molar-refractivity contribution in [1.82, 2.24) is 0 Å². The second kappa shape index (κ2) is 8.39. The van der Waals surface area contributed by atoms with Crippen LogP contribution in [0.5, 0.6) is 0 Å². The molecule has 9 heteroatoms. The number of hydrogen-bond donors (Lipinski definition) is 1. The van der Waals surface area contributed by atoms with Gasteiger partial charge < -0.3 is 10.2 Å². The van der Waals surface area contributed by atoms with Gasteiger partial charge in [0.1, 0.15) is 12.4 Å². The molecule has 0 spiro atoms. The van der Waals surface area contributed by atoms with Crippen LogP contribution in [0, 0.1) is 5.82 Å². The highest BCUT2D eigenvalue weighted by Gasteiger charge is 2.44. The molecule has 2 aliphatic rings. The van der Waals surface area contributed by atoms with Gasteiger partial charge in [0.05, 0.1) is 23.2 Å². The minimum atomic E-state index is -3.10. The summed E-state index contributed by atoms with van der Waals surface area (Å²) in [6, 6.07) is 13.4. The van der Waals surface area contributed by atoms with Gasteiger partial charge in [-0.2, -0.15) is 0 Å². The van der Waals surface area contributed by atoms with Crippen molar-refractivity contribution in [2.45, 2.75) is 24.6 Å². The fourth-order valence-electron chi connectivity index (χ4n) is 3.57. The van der Waals surface area contributed by atoms with Gasteiger partial charge in [-0.1, -0.05) is 43.0 Å². The van der Waals surface area contributed by atoms with Gasteiger partial charge in [-0.3, -0.25) is 9.79 Å². The maximum Gasteiger partial charge on any atom is 0.244 e. The number of aryl methyl sites for hydroxylation is 1. The molecular weight excluding hydrogens is 425 g/mol. The Bertz CT molecular complexity index is 1090. The lowest BCUT2D eigenvalue weighted by Gasteiger charge is -2.24. The van der Waals surface area contributed by atoms with Crippen LogP contribution in [0.3, 0.4) is 0 Å². The van der Waals surface area contributed by atoms with Crippen LogP contribution in [0.2, 0.25) is 0 Å².